The number of unbranched alkanes of at least 4 members (excludes halogenated alkanes) is 18. The second-order valence-corrected chi connectivity index (χ2v) is 10.4. The van der Waals surface area contributed by atoms with E-state index in [1.54, 1.807) is 0 Å². The highest BCUT2D eigenvalue weighted by Crippen LogP contribution is 2.18. The van der Waals surface area contributed by atoms with E-state index in [-0.39, 0.29) is 12.0 Å². The number of hydrogen-bond acceptors (Lipinski definition) is 2. The summed E-state index contributed by atoms with van der Waals surface area (Å²) >= 11 is 0. The predicted octanol–water partition coefficient (Wildman–Crippen LogP) is 10.2. The molecule has 0 spiro atoms. The number of rotatable bonds is 23. The lowest BCUT2D eigenvalue weighted by Gasteiger charge is -2.10. The van der Waals surface area contributed by atoms with Crippen LogP contribution in [-0.2, 0) is 4.79 Å². The van der Waals surface area contributed by atoms with Gasteiger partial charge in [-0.3, -0.25) is 4.79 Å². The van der Waals surface area contributed by atoms with Crippen molar-refractivity contribution in [3.05, 3.63) is 24.3 Å². The van der Waals surface area contributed by atoms with E-state index in [1.165, 1.54) is 109 Å². The highest BCUT2D eigenvalue weighted by atomic mass is 16.5. The summed E-state index contributed by atoms with van der Waals surface area (Å²) in [4.78, 5) is 12.1. The minimum absolute atomic E-state index is 0.115. The van der Waals surface area contributed by atoms with E-state index in [9.17, 15) is 4.79 Å². The van der Waals surface area contributed by atoms with E-state index in [0.29, 0.717) is 6.42 Å². The minimum atomic E-state index is 0.115. The smallest absolute Gasteiger partial charge is 0.224 e. The van der Waals surface area contributed by atoms with Crippen LogP contribution in [0.3, 0.4) is 0 Å². The predicted molar refractivity (Wildman–Crippen MR) is 149 cm³/mol. The van der Waals surface area contributed by atoms with Gasteiger partial charge in [-0.25, -0.2) is 0 Å². The van der Waals surface area contributed by atoms with Gasteiger partial charge in [-0.2, -0.15) is 0 Å². The molecule has 3 nitrogen and oxygen atoms in total. The maximum absolute atomic E-state index is 12.1. The lowest BCUT2D eigenvalue weighted by atomic mass is 10.0. The number of hydrogen-bond donors (Lipinski definition) is 1. The van der Waals surface area contributed by atoms with Crippen LogP contribution in [0, 0.1) is 0 Å². The molecule has 0 saturated heterocycles. The van der Waals surface area contributed by atoms with Gasteiger partial charge in [0, 0.05) is 12.1 Å². The molecule has 3 heteroatoms. The van der Waals surface area contributed by atoms with Crippen molar-refractivity contribution in [3.63, 3.8) is 0 Å². The number of carbonyl (C=O) groups excluding carboxylic acids is 1. The summed E-state index contributed by atoms with van der Waals surface area (Å²) in [6, 6.07) is 7.64. The van der Waals surface area contributed by atoms with Crippen molar-refractivity contribution in [1.82, 2.24) is 0 Å². The van der Waals surface area contributed by atoms with E-state index in [4.69, 9.17) is 4.74 Å². The average molecular weight is 474 g/mol. The molecule has 0 aromatic heterocycles. The van der Waals surface area contributed by atoms with Gasteiger partial charge in [0.15, 0.2) is 0 Å². The Hall–Kier alpha value is -1.51. The molecule has 0 heterocycles. The second-order valence-electron chi connectivity index (χ2n) is 10.4. The number of ether oxygens (including phenoxy) is 1. The summed E-state index contributed by atoms with van der Waals surface area (Å²) in [5.74, 6) is 0.955. The molecule has 196 valence electrons. The van der Waals surface area contributed by atoms with Crippen LogP contribution in [0.4, 0.5) is 5.69 Å². The Kier molecular flexibility index (Phi) is 19.7. The van der Waals surface area contributed by atoms with Gasteiger partial charge in [0.1, 0.15) is 5.75 Å². The molecule has 0 atom stereocenters. The summed E-state index contributed by atoms with van der Waals surface area (Å²) in [6.07, 6.45) is 26.9. The summed E-state index contributed by atoms with van der Waals surface area (Å²) in [5.41, 5.74) is 0.846. The van der Waals surface area contributed by atoms with E-state index >= 15 is 0 Å². The van der Waals surface area contributed by atoms with Gasteiger partial charge >= 0.3 is 0 Å². The fourth-order valence-corrected chi connectivity index (χ4v) is 4.48. The first kappa shape index (κ1) is 30.5. The second kappa shape index (κ2) is 22.0. The monoisotopic (exact) mass is 473 g/mol. The lowest BCUT2D eigenvalue weighted by Crippen LogP contribution is -2.11. The third-order valence-corrected chi connectivity index (χ3v) is 6.52. The largest absolute Gasteiger partial charge is 0.491 e. The molecule has 0 aliphatic heterocycles. The van der Waals surface area contributed by atoms with Crippen molar-refractivity contribution in [3.8, 4) is 5.75 Å². The van der Waals surface area contributed by atoms with Gasteiger partial charge in [0.25, 0.3) is 0 Å². The Morgan fingerprint density at radius 3 is 1.41 bits per heavy atom. The van der Waals surface area contributed by atoms with Crippen molar-refractivity contribution >= 4 is 11.6 Å². The average Bonchev–Trinajstić information content (AvgIpc) is 2.81. The number of amides is 1. The van der Waals surface area contributed by atoms with Crippen LogP contribution in [-0.4, -0.2) is 12.0 Å². The topological polar surface area (TPSA) is 38.3 Å². The van der Waals surface area contributed by atoms with Gasteiger partial charge in [0.05, 0.1) is 6.10 Å². The Labute approximate surface area is 211 Å². The van der Waals surface area contributed by atoms with E-state index in [0.717, 1.165) is 24.3 Å². The van der Waals surface area contributed by atoms with E-state index in [2.05, 4.69) is 12.2 Å². The van der Waals surface area contributed by atoms with Crippen LogP contribution in [0.15, 0.2) is 24.3 Å². The van der Waals surface area contributed by atoms with Crippen molar-refractivity contribution in [2.45, 2.75) is 155 Å². The zero-order chi connectivity index (χ0) is 24.7. The summed E-state index contributed by atoms with van der Waals surface area (Å²) in [7, 11) is 0. The maximum Gasteiger partial charge on any atom is 0.224 e. The first-order valence-corrected chi connectivity index (χ1v) is 14.7. The van der Waals surface area contributed by atoms with Crippen molar-refractivity contribution in [1.29, 1.82) is 0 Å². The SMILES string of the molecule is CCCCCCCCCCCCCCCCCCCCCC(=O)Nc1ccc(OC(C)C)cc1. The molecule has 0 aliphatic carbocycles. The first-order valence-electron chi connectivity index (χ1n) is 14.7. The molecular weight excluding hydrogens is 418 g/mol. The van der Waals surface area contributed by atoms with Crippen molar-refractivity contribution < 1.29 is 9.53 Å². The van der Waals surface area contributed by atoms with Crippen molar-refractivity contribution in [2.75, 3.05) is 5.32 Å². The number of benzene rings is 1. The van der Waals surface area contributed by atoms with Crippen LogP contribution in [0.5, 0.6) is 5.75 Å². The van der Waals surface area contributed by atoms with E-state index < -0.39 is 0 Å². The Bertz CT molecular complexity index is 582. The Morgan fingerprint density at radius 1 is 0.647 bits per heavy atom. The van der Waals surface area contributed by atoms with Crippen LogP contribution in [0.1, 0.15) is 149 Å². The molecule has 0 unspecified atom stereocenters. The number of anilines is 1. The van der Waals surface area contributed by atoms with E-state index in [1.807, 2.05) is 38.1 Å². The Morgan fingerprint density at radius 2 is 1.03 bits per heavy atom. The molecule has 1 N–H and O–H groups in total. The summed E-state index contributed by atoms with van der Waals surface area (Å²) in [6.45, 7) is 6.31. The first-order chi connectivity index (χ1) is 16.6. The number of carbonyl (C=O) groups is 1. The molecule has 1 aromatic rings. The van der Waals surface area contributed by atoms with Gasteiger partial charge < -0.3 is 10.1 Å². The lowest BCUT2D eigenvalue weighted by molar-refractivity contribution is -0.116. The molecule has 34 heavy (non-hydrogen) atoms. The minimum Gasteiger partial charge on any atom is -0.491 e. The molecular formula is C31H55NO2. The van der Waals surface area contributed by atoms with Crippen LogP contribution < -0.4 is 10.1 Å². The highest BCUT2D eigenvalue weighted by molar-refractivity contribution is 5.90. The van der Waals surface area contributed by atoms with Crippen LogP contribution >= 0.6 is 0 Å². The van der Waals surface area contributed by atoms with Gasteiger partial charge in [-0.15, -0.1) is 0 Å². The molecule has 0 saturated carbocycles. The highest BCUT2D eigenvalue weighted by Gasteiger charge is 2.03. The molecule has 1 amide bonds. The molecule has 0 aliphatic rings. The van der Waals surface area contributed by atoms with Crippen molar-refractivity contribution in [2.24, 2.45) is 0 Å². The van der Waals surface area contributed by atoms with Crippen LogP contribution in [0.2, 0.25) is 0 Å². The molecule has 1 rings (SSSR count). The van der Waals surface area contributed by atoms with Gasteiger partial charge in [0.2, 0.25) is 5.91 Å². The van der Waals surface area contributed by atoms with Gasteiger partial charge in [-0.05, 0) is 44.5 Å². The fraction of sp³-hybridized carbons (Fsp3) is 0.774. The quantitative estimate of drug-likeness (QED) is 0.160. The summed E-state index contributed by atoms with van der Waals surface area (Å²) < 4.78 is 5.63. The zero-order valence-corrected chi connectivity index (χ0v) is 22.8. The fourth-order valence-electron chi connectivity index (χ4n) is 4.48. The molecule has 1 aromatic carbocycles. The Balaban J connectivity index is 1.82. The molecule has 0 radical (unpaired) electrons. The standard InChI is InChI=1S/C31H55NO2/c1-4-5-6-7-8-9-10-11-12-13-14-15-16-17-18-19-20-21-22-23-31(33)32-29-24-26-30(27-25-29)34-28(2)3/h24-28H,4-23H2,1-3H3,(H,32,33). The maximum atomic E-state index is 12.1. The zero-order valence-electron chi connectivity index (χ0n) is 22.8. The van der Waals surface area contributed by atoms with Crippen LogP contribution in [0.25, 0.3) is 0 Å². The third-order valence-electron chi connectivity index (χ3n) is 6.52. The molecule has 0 bridgehead atoms. The normalized spacial score (nSPS) is 11.2. The number of nitrogens with one attached hydrogen (secondary N) is 1. The van der Waals surface area contributed by atoms with Gasteiger partial charge in [-0.1, -0.05) is 122 Å². The summed E-state index contributed by atoms with van der Waals surface area (Å²) in [5, 5.41) is 2.99. The third kappa shape index (κ3) is 18.9. The molecule has 0 fully saturated rings.